The lowest BCUT2D eigenvalue weighted by molar-refractivity contribution is -0.115. The Morgan fingerprint density at radius 1 is 1.17 bits per heavy atom. The van der Waals surface area contributed by atoms with Gasteiger partial charge in [-0.2, -0.15) is 0 Å². The SMILES string of the molecule is CCC(=O)Nc1ccc2c(c1)OC[C@H](C)N(C(=O)c1ccncc1)C[C@H](C)[C@H](OC)CN(C)C2=O. The molecule has 35 heavy (non-hydrogen) atoms. The second-order valence-corrected chi connectivity index (χ2v) is 8.90. The summed E-state index contributed by atoms with van der Waals surface area (Å²) < 4.78 is 11.9. The summed E-state index contributed by atoms with van der Waals surface area (Å²) in [5.41, 5.74) is 1.46. The molecule has 0 bridgehead atoms. The maximum atomic E-state index is 13.4. The topological polar surface area (TPSA) is 101 Å². The van der Waals surface area contributed by atoms with Crippen molar-refractivity contribution < 1.29 is 23.9 Å². The molecule has 1 aromatic carbocycles. The molecule has 1 aliphatic rings. The van der Waals surface area contributed by atoms with Crippen LogP contribution in [0.5, 0.6) is 5.75 Å². The van der Waals surface area contributed by atoms with Gasteiger partial charge in [0.1, 0.15) is 12.4 Å². The Kier molecular flexibility index (Phi) is 8.81. The van der Waals surface area contributed by atoms with Crippen molar-refractivity contribution in [3.05, 3.63) is 53.9 Å². The predicted molar refractivity (Wildman–Crippen MR) is 133 cm³/mol. The van der Waals surface area contributed by atoms with Crippen LogP contribution >= 0.6 is 0 Å². The van der Waals surface area contributed by atoms with Gasteiger partial charge in [-0.05, 0) is 31.2 Å². The average Bonchev–Trinajstić information content (AvgIpc) is 2.87. The Morgan fingerprint density at radius 2 is 1.89 bits per heavy atom. The molecule has 2 aromatic rings. The number of amides is 3. The van der Waals surface area contributed by atoms with Gasteiger partial charge >= 0.3 is 0 Å². The van der Waals surface area contributed by atoms with Gasteiger partial charge in [-0.15, -0.1) is 0 Å². The smallest absolute Gasteiger partial charge is 0.257 e. The number of aromatic nitrogens is 1. The van der Waals surface area contributed by atoms with Crippen LogP contribution in [0.2, 0.25) is 0 Å². The Bertz CT molecular complexity index is 1050. The first-order valence-corrected chi connectivity index (χ1v) is 11.8. The number of likely N-dealkylation sites (N-methyl/N-ethyl adjacent to an activating group) is 1. The summed E-state index contributed by atoms with van der Waals surface area (Å²) in [6.07, 6.45) is 3.24. The van der Waals surface area contributed by atoms with Gasteiger partial charge in [0, 0.05) is 69.3 Å². The molecule has 0 radical (unpaired) electrons. The summed E-state index contributed by atoms with van der Waals surface area (Å²) in [7, 11) is 3.33. The van der Waals surface area contributed by atoms with E-state index in [4.69, 9.17) is 9.47 Å². The molecule has 3 amide bonds. The number of nitrogens with one attached hydrogen (secondary N) is 1. The van der Waals surface area contributed by atoms with Gasteiger partial charge in [-0.3, -0.25) is 19.4 Å². The van der Waals surface area contributed by atoms with E-state index in [2.05, 4.69) is 10.3 Å². The molecular formula is C26H34N4O5. The normalized spacial score (nSPS) is 21.3. The highest BCUT2D eigenvalue weighted by Gasteiger charge is 2.30. The first-order chi connectivity index (χ1) is 16.7. The molecule has 1 aliphatic heterocycles. The lowest BCUT2D eigenvalue weighted by atomic mass is 10.0. The molecule has 0 saturated carbocycles. The largest absolute Gasteiger partial charge is 0.491 e. The molecule has 9 nitrogen and oxygen atoms in total. The van der Waals surface area contributed by atoms with Crippen LogP contribution in [0.4, 0.5) is 5.69 Å². The lowest BCUT2D eigenvalue weighted by Crippen LogP contribution is -2.48. The van der Waals surface area contributed by atoms with Crippen LogP contribution in [0.1, 0.15) is 47.9 Å². The maximum absolute atomic E-state index is 13.4. The van der Waals surface area contributed by atoms with Crippen molar-refractivity contribution in [1.82, 2.24) is 14.8 Å². The van der Waals surface area contributed by atoms with Crippen molar-refractivity contribution in [3.63, 3.8) is 0 Å². The molecule has 3 rings (SSSR count). The van der Waals surface area contributed by atoms with Crippen molar-refractivity contribution in [2.24, 2.45) is 5.92 Å². The predicted octanol–water partition coefficient (Wildman–Crippen LogP) is 3.08. The van der Waals surface area contributed by atoms with Gasteiger partial charge in [0.2, 0.25) is 5.91 Å². The highest BCUT2D eigenvalue weighted by molar-refractivity contribution is 5.98. The van der Waals surface area contributed by atoms with E-state index in [0.29, 0.717) is 42.1 Å². The molecule has 1 N–H and O–H groups in total. The standard InChI is InChI=1S/C26H34N4O5/c1-6-24(31)28-20-7-8-21-22(13-20)35-16-18(3)30(25(32)19-9-11-27-12-10-19)14-17(2)23(34-5)15-29(4)26(21)33/h7-13,17-18,23H,6,14-16H2,1-5H3,(H,28,31)/t17-,18-,23+/m0/s1. The number of methoxy groups -OCH3 is 1. The molecule has 0 fully saturated rings. The minimum absolute atomic E-state index is 0.0472. The Balaban J connectivity index is 1.99. The number of carbonyl (C=O) groups excluding carboxylic acids is 3. The number of nitrogens with zero attached hydrogens (tertiary/aromatic N) is 3. The van der Waals surface area contributed by atoms with Crippen LogP contribution in [0.25, 0.3) is 0 Å². The number of ether oxygens (including phenoxy) is 2. The van der Waals surface area contributed by atoms with Crippen LogP contribution < -0.4 is 10.1 Å². The summed E-state index contributed by atoms with van der Waals surface area (Å²) in [5.74, 6) is -0.173. The first kappa shape index (κ1) is 26.2. The van der Waals surface area contributed by atoms with Gasteiger partial charge in [0.05, 0.1) is 17.7 Å². The molecular weight excluding hydrogens is 448 g/mol. The fourth-order valence-corrected chi connectivity index (χ4v) is 4.04. The maximum Gasteiger partial charge on any atom is 0.257 e. The van der Waals surface area contributed by atoms with E-state index in [1.807, 2.05) is 13.8 Å². The molecule has 0 unspecified atom stereocenters. The number of rotatable bonds is 4. The van der Waals surface area contributed by atoms with Crippen LogP contribution in [0.15, 0.2) is 42.7 Å². The van der Waals surface area contributed by atoms with E-state index in [1.54, 1.807) is 73.6 Å². The molecule has 0 saturated heterocycles. The molecule has 9 heteroatoms. The number of benzene rings is 1. The Hall–Kier alpha value is -3.46. The summed E-state index contributed by atoms with van der Waals surface area (Å²) in [6.45, 7) is 6.62. The second-order valence-electron chi connectivity index (χ2n) is 8.90. The molecule has 3 atom stereocenters. The summed E-state index contributed by atoms with van der Waals surface area (Å²) in [4.78, 5) is 46.0. The zero-order valence-corrected chi connectivity index (χ0v) is 21.0. The fraction of sp³-hybridized carbons (Fsp3) is 0.462. The van der Waals surface area contributed by atoms with Gasteiger partial charge in [0.15, 0.2) is 0 Å². The summed E-state index contributed by atoms with van der Waals surface area (Å²) in [6, 6.07) is 8.07. The number of carbonyl (C=O) groups is 3. The van der Waals surface area contributed by atoms with Crippen LogP contribution in [0, 0.1) is 5.92 Å². The van der Waals surface area contributed by atoms with Crippen molar-refractivity contribution in [3.8, 4) is 5.75 Å². The molecule has 188 valence electrons. The van der Waals surface area contributed by atoms with Crippen LogP contribution in [0.3, 0.4) is 0 Å². The van der Waals surface area contributed by atoms with E-state index in [-0.39, 0.29) is 42.4 Å². The Morgan fingerprint density at radius 3 is 2.54 bits per heavy atom. The lowest BCUT2D eigenvalue weighted by Gasteiger charge is -2.36. The monoisotopic (exact) mass is 482 g/mol. The second kappa shape index (κ2) is 11.8. The van der Waals surface area contributed by atoms with Gasteiger partial charge in [-0.25, -0.2) is 0 Å². The zero-order chi connectivity index (χ0) is 25.5. The average molecular weight is 483 g/mol. The minimum Gasteiger partial charge on any atom is -0.491 e. The van der Waals surface area contributed by atoms with E-state index in [9.17, 15) is 14.4 Å². The number of hydrogen-bond acceptors (Lipinski definition) is 6. The van der Waals surface area contributed by atoms with Gasteiger partial charge < -0.3 is 24.6 Å². The molecule has 0 aliphatic carbocycles. The zero-order valence-electron chi connectivity index (χ0n) is 21.0. The highest BCUT2D eigenvalue weighted by atomic mass is 16.5. The van der Waals surface area contributed by atoms with Gasteiger partial charge in [0.25, 0.3) is 11.8 Å². The van der Waals surface area contributed by atoms with Crippen LogP contribution in [-0.4, -0.2) is 78.5 Å². The third-order valence-electron chi connectivity index (χ3n) is 6.24. The van der Waals surface area contributed by atoms with Crippen LogP contribution in [-0.2, 0) is 9.53 Å². The van der Waals surface area contributed by atoms with Crippen molar-refractivity contribution in [2.45, 2.75) is 39.3 Å². The first-order valence-electron chi connectivity index (χ1n) is 11.8. The van der Waals surface area contributed by atoms with E-state index in [0.717, 1.165) is 0 Å². The fourth-order valence-electron chi connectivity index (χ4n) is 4.04. The Labute approximate surface area is 206 Å². The molecule has 0 spiro atoms. The molecule has 1 aromatic heterocycles. The van der Waals surface area contributed by atoms with E-state index in [1.165, 1.54) is 0 Å². The third-order valence-corrected chi connectivity index (χ3v) is 6.24. The highest BCUT2D eigenvalue weighted by Crippen LogP contribution is 2.27. The molecule has 2 heterocycles. The number of hydrogen-bond donors (Lipinski definition) is 1. The minimum atomic E-state index is -0.301. The summed E-state index contributed by atoms with van der Waals surface area (Å²) in [5, 5.41) is 2.80. The number of fused-ring (bicyclic) bond motifs is 1. The van der Waals surface area contributed by atoms with E-state index >= 15 is 0 Å². The van der Waals surface area contributed by atoms with Gasteiger partial charge in [-0.1, -0.05) is 13.8 Å². The number of anilines is 1. The van der Waals surface area contributed by atoms with Crippen molar-refractivity contribution >= 4 is 23.4 Å². The van der Waals surface area contributed by atoms with Crippen molar-refractivity contribution in [2.75, 3.05) is 39.2 Å². The summed E-state index contributed by atoms with van der Waals surface area (Å²) >= 11 is 0. The third kappa shape index (κ3) is 6.36. The van der Waals surface area contributed by atoms with Crippen molar-refractivity contribution in [1.29, 1.82) is 0 Å². The quantitative estimate of drug-likeness (QED) is 0.719. The van der Waals surface area contributed by atoms with E-state index < -0.39 is 0 Å². The number of pyridine rings is 1.